The Morgan fingerprint density at radius 3 is 2.43 bits per heavy atom. The second-order valence-electron chi connectivity index (χ2n) is 5.45. The number of likely N-dealkylation sites (N-methyl/N-ethyl adjacent to an activating group) is 1. The molecule has 1 unspecified atom stereocenters. The molecule has 122 valence electrons. The van der Waals surface area contributed by atoms with Crippen LogP contribution >= 0.6 is 0 Å². The minimum atomic E-state index is -0.516. The molecule has 3 N–H and O–H groups in total. The van der Waals surface area contributed by atoms with E-state index in [-0.39, 0.29) is 5.91 Å². The van der Waals surface area contributed by atoms with Gasteiger partial charge in [-0.1, -0.05) is 30.3 Å². The number of rotatable bonds is 5. The Bertz CT molecular complexity index is 667. The minimum Gasteiger partial charge on any atom is -0.460 e. The van der Waals surface area contributed by atoms with Crippen LogP contribution in [0.3, 0.4) is 0 Å². The summed E-state index contributed by atoms with van der Waals surface area (Å²) in [6.07, 6.45) is 0. The van der Waals surface area contributed by atoms with E-state index in [0.717, 1.165) is 22.0 Å². The van der Waals surface area contributed by atoms with Crippen LogP contribution in [0.1, 0.15) is 23.1 Å². The highest BCUT2D eigenvalue weighted by Crippen LogP contribution is 2.11. The standard InChI is InChI=1S/C17H21N3O3/c1-12-9-10-14(23-12)11-20(3)15(13-7-5-4-6-8-13)16(21)19-17(22)18-2/h4-10,15H,11H2,1-3H3,(H2,18,19,21,22)/p+1/t15-/m1/s1. The normalized spacial score (nSPS) is 13.2. The molecule has 2 atom stereocenters. The number of aryl methyl sites for hydroxylation is 1. The number of urea groups is 1. The van der Waals surface area contributed by atoms with Gasteiger partial charge in [-0.25, -0.2) is 4.79 Å². The third-order valence-corrected chi connectivity index (χ3v) is 3.60. The first-order valence-electron chi connectivity index (χ1n) is 7.46. The van der Waals surface area contributed by atoms with Crippen LogP contribution in [0.15, 0.2) is 46.9 Å². The molecule has 0 saturated heterocycles. The van der Waals surface area contributed by atoms with Crippen LogP contribution in [0.5, 0.6) is 0 Å². The smallest absolute Gasteiger partial charge is 0.321 e. The van der Waals surface area contributed by atoms with Crippen molar-refractivity contribution in [2.75, 3.05) is 14.1 Å². The van der Waals surface area contributed by atoms with Gasteiger partial charge in [-0.2, -0.15) is 0 Å². The molecule has 0 fully saturated rings. The number of amides is 3. The van der Waals surface area contributed by atoms with Gasteiger partial charge >= 0.3 is 6.03 Å². The van der Waals surface area contributed by atoms with E-state index in [1.807, 2.05) is 56.4 Å². The topological polar surface area (TPSA) is 75.8 Å². The molecule has 1 aromatic heterocycles. The first-order valence-corrected chi connectivity index (χ1v) is 7.46. The first kappa shape index (κ1) is 16.8. The molecule has 6 nitrogen and oxygen atoms in total. The van der Waals surface area contributed by atoms with Gasteiger partial charge in [-0.3, -0.25) is 10.1 Å². The van der Waals surface area contributed by atoms with Gasteiger partial charge in [0.1, 0.15) is 12.3 Å². The number of nitrogens with one attached hydrogen (secondary N) is 3. The van der Waals surface area contributed by atoms with Gasteiger partial charge in [0.15, 0.2) is 11.8 Å². The van der Waals surface area contributed by atoms with Gasteiger partial charge < -0.3 is 14.6 Å². The largest absolute Gasteiger partial charge is 0.460 e. The Morgan fingerprint density at radius 1 is 1.17 bits per heavy atom. The van der Waals surface area contributed by atoms with Crippen molar-refractivity contribution >= 4 is 11.9 Å². The van der Waals surface area contributed by atoms with Crippen LogP contribution in [0, 0.1) is 6.92 Å². The Labute approximate surface area is 135 Å². The molecule has 23 heavy (non-hydrogen) atoms. The van der Waals surface area contributed by atoms with Crippen LogP contribution in [0.2, 0.25) is 0 Å². The zero-order valence-electron chi connectivity index (χ0n) is 13.6. The number of quaternary nitrogens is 1. The lowest BCUT2D eigenvalue weighted by Gasteiger charge is -2.23. The average Bonchev–Trinajstić information content (AvgIpc) is 2.93. The number of carbonyl (C=O) groups is 2. The van der Waals surface area contributed by atoms with E-state index in [0.29, 0.717) is 6.54 Å². The molecular formula is C17H22N3O3+. The van der Waals surface area contributed by atoms with Crippen molar-refractivity contribution in [1.29, 1.82) is 0 Å². The van der Waals surface area contributed by atoms with E-state index in [4.69, 9.17) is 4.42 Å². The molecule has 0 aliphatic carbocycles. The molecule has 0 aliphatic heterocycles. The van der Waals surface area contributed by atoms with Crippen molar-refractivity contribution in [3.63, 3.8) is 0 Å². The van der Waals surface area contributed by atoms with Crippen molar-refractivity contribution in [2.45, 2.75) is 19.5 Å². The molecule has 6 heteroatoms. The molecule has 1 heterocycles. The van der Waals surface area contributed by atoms with Gasteiger partial charge in [0.2, 0.25) is 0 Å². The average molecular weight is 316 g/mol. The maximum atomic E-state index is 12.5. The SMILES string of the molecule is CNC(=O)NC(=O)[C@@H](c1ccccc1)[NH+](C)Cc1ccc(C)o1. The molecular weight excluding hydrogens is 294 g/mol. The Balaban J connectivity index is 2.22. The zero-order chi connectivity index (χ0) is 16.8. The van der Waals surface area contributed by atoms with E-state index in [2.05, 4.69) is 10.6 Å². The predicted octanol–water partition coefficient (Wildman–Crippen LogP) is 0.800. The lowest BCUT2D eigenvalue weighted by molar-refractivity contribution is -0.917. The van der Waals surface area contributed by atoms with Crippen LogP contribution < -0.4 is 15.5 Å². The Morgan fingerprint density at radius 2 is 1.87 bits per heavy atom. The highest BCUT2D eigenvalue weighted by atomic mass is 16.3. The summed E-state index contributed by atoms with van der Waals surface area (Å²) in [5.41, 5.74) is 0.842. The number of imide groups is 1. The molecule has 0 saturated carbocycles. The molecule has 1 aromatic carbocycles. The Hall–Kier alpha value is -2.60. The Kier molecular flexibility index (Phi) is 5.54. The second kappa shape index (κ2) is 7.60. The summed E-state index contributed by atoms with van der Waals surface area (Å²) in [7, 11) is 3.38. The van der Waals surface area contributed by atoms with E-state index in [1.54, 1.807) is 0 Å². The van der Waals surface area contributed by atoms with Gasteiger partial charge in [-0.05, 0) is 19.1 Å². The molecule has 0 bridgehead atoms. The third-order valence-electron chi connectivity index (χ3n) is 3.60. The van der Waals surface area contributed by atoms with Gasteiger partial charge in [-0.15, -0.1) is 0 Å². The van der Waals surface area contributed by atoms with Gasteiger partial charge in [0.25, 0.3) is 5.91 Å². The minimum absolute atomic E-state index is 0.351. The maximum Gasteiger partial charge on any atom is 0.321 e. The molecule has 0 aliphatic rings. The molecule has 2 aromatic rings. The van der Waals surface area contributed by atoms with Crippen molar-refractivity contribution < 1.29 is 18.9 Å². The molecule has 0 radical (unpaired) electrons. The fourth-order valence-electron chi connectivity index (χ4n) is 2.51. The second-order valence-corrected chi connectivity index (χ2v) is 5.45. The van der Waals surface area contributed by atoms with E-state index < -0.39 is 12.1 Å². The van der Waals surface area contributed by atoms with Crippen LogP contribution in [0.25, 0.3) is 0 Å². The molecule has 3 amide bonds. The summed E-state index contributed by atoms with van der Waals surface area (Å²) >= 11 is 0. The number of carbonyl (C=O) groups excluding carboxylic acids is 2. The van der Waals surface area contributed by atoms with E-state index >= 15 is 0 Å². The number of benzene rings is 1. The first-order chi connectivity index (χ1) is 11.0. The van der Waals surface area contributed by atoms with Crippen LogP contribution in [-0.2, 0) is 11.3 Å². The number of hydrogen-bond donors (Lipinski definition) is 3. The van der Waals surface area contributed by atoms with Gasteiger partial charge in [0, 0.05) is 12.6 Å². The molecule has 2 rings (SSSR count). The van der Waals surface area contributed by atoms with Crippen LogP contribution in [0.4, 0.5) is 4.79 Å². The summed E-state index contributed by atoms with van der Waals surface area (Å²) in [5.74, 6) is 1.28. The van der Waals surface area contributed by atoms with Crippen molar-refractivity contribution in [3.05, 3.63) is 59.5 Å². The summed E-state index contributed by atoms with van der Waals surface area (Å²) in [6.45, 7) is 2.42. The maximum absolute atomic E-state index is 12.5. The number of furan rings is 1. The summed E-state index contributed by atoms with van der Waals surface area (Å²) in [4.78, 5) is 24.9. The van der Waals surface area contributed by atoms with E-state index in [9.17, 15) is 9.59 Å². The fourth-order valence-corrected chi connectivity index (χ4v) is 2.51. The van der Waals surface area contributed by atoms with Crippen molar-refractivity contribution in [1.82, 2.24) is 10.6 Å². The van der Waals surface area contributed by atoms with Crippen LogP contribution in [-0.4, -0.2) is 26.0 Å². The highest BCUT2D eigenvalue weighted by Gasteiger charge is 2.30. The van der Waals surface area contributed by atoms with Crippen molar-refractivity contribution in [2.24, 2.45) is 0 Å². The quantitative estimate of drug-likeness (QED) is 0.764. The van der Waals surface area contributed by atoms with E-state index in [1.165, 1.54) is 7.05 Å². The monoisotopic (exact) mass is 316 g/mol. The third kappa shape index (κ3) is 4.43. The fraction of sp³-hybridized carbons (Fsp3) is 0.294. The predicted molar refractivity (Wildman–Crippen MR) is 85.8 cm³/mol. The van der Waals surface area contributed by atoms with Gasteiger partial charge in [0.05, 0.1) is 7.05 Å². The van der Waals surface area contributed by atoms with Crippen molar-refractivity contribution in [3.8, 4) is 0 Å². The highest BCUT2D eigenvalue weighted by molar-refractivity contribution is 5.96. The zero-order valence-corrected chi connectivity index (χ0v) is 13.6. The molecule has 0 spiro atoms. The number of hydrogen-bond acceptors (Lipinski definition) is 3. The summed E-state index contributed by atoms with van der Waals surface area (Å²) in [6, 6.07) is 12.2. The lowest BCUT2D eigenvalue weighted by atomic mass is 10.0. The summed E-state index contributed by atoms with van der Waals surface area (Å²) < 4.78 is 5.59. The lowest BCUT2D eigenvalue weighted by Crippen LogP contribution is -3.09. The summed E-state index contributed by atoms with van der Waals surface area (Å²) in [5, 5.41) is 4.76.